The third-order valence-electron chi connectivity index (χ3n) is 4.71. The monoisotopic (exact) mass is 422 g/mol. The van der Waals surface area contributed by atoms with Crippen molar-refractivity contribution in [3.63, 3.8) is 0 Å². The Morgan fingerprint density at radius 1 is 1.19 bits per heavy atom. The molecule has 158 valence electrons. The number of hydrogen-bond donors (Lipinski definition) is 1. The van der Waals surface area contributed by atoms with Crippen LogP contribution in [0.25, 0.3) is 22.3 Å². The molecule has 0 fully saturated rings. The maximum Gasteiger partial charge on any atom is 0.306 e. The minimum atomic E-state index is -0.440. The summed E-state index contributed by atoms with van der Waals surface area (Å²) < 4.78 is 23.9. The van der Waals surface area contributed by atoms with E-state index < -0.39 is 5.97 Å². The Hall–Kier alpha value is -3.88. The SMILES string of the molecule is Cc1ccc(-c2noc(COC(=O)CCCc3nc4ccccc4c(=O)[nH]3)n2)cc1F. The number of hydrogen-bond acceptors (Lipinski definition) is 7. The Kier molecular flexibility index (Phi) is 5.83. The number of carbonyl (C=O) groups is 1. The van der Waals surface area contributed by atoms with E-state index in [0.29, 0.717) is 40.7 Å². The van der Waals surface area contributed by atoms with Gasteiger partial charge in [-0.2, -0.15) is 4.98 Å². The first-order valence-corrected chi connectivity index (χ1v) is 9.72. The third-order valence-corrected chi connectivity index (χ3v) is 4.71. The van der Waals surface area contributed by atoms with Gasteiger partial charge in [-0.25, -0.2) is 9.37 Å². The molecule has 0 spiro atoms. The van der Waals surface area contributed by atoms with E-state index in [1.807, 2.05) is 6.07 Å². The zero-order valence-electron chi connectivity index (χ0n) is 16.7. The Morgan fingerprint density at radius 2 is 2.03 bits per heavy atom. The van der Waals surface area contributed by atoms with Gasteiger partial charge in [0.25, 0.3) is 11.4 Å². The smallest absolute Gasteiger partial charge is 0.306 e. The average molecular weight is 422 g/mol. The van der Waals surface area contributed by atoms with Gasteiger partial charge >= 0.3 is 5.97 Å². The number of nitrogens with zero attached hydrogens (tertiary/aromatic N) is 3. The van der Waals surface area contributed by atoms with Crippen molar-refractivity contribution in [3.05, 3.63) is 75.9 Å². The zero-order valence-corrected chi connectivity index (χ0v) is 16.7. The van der Waals surface area contributed by atoms with E-state index >= 15 is 0 Å². The van der Waals surface area contributed by atoms with Crippen molar-refractivity contribution in [3.8, 4) is 11.4 Å². The molecule has 0 unspecified atom stereocenters. The number of aromatic amines is 1. The molecule has 1 N–H and O–H groups in total. The van der Waals surface area contributed by atoms with E-state index in [2.05, 4.69) is 20.1 Å². The van der Waals surface area contributed by atoms with Crippen LogP contribution in [0.3, 0.4) is 0 Å². The van der Waals surface area contributed by atoms with Crippen molar-refractivity contribution < 1.29 is 18.4 Å². The molecule has 0 saturated heterocycles. The minimum Gasteiger partial charge on any atom is -0.456 e. The van der Waals surface area contributed by atoms with Crippen LogP contribution in [0.5, 0.6) is 0 Å². The molecular formula is C22H19FN4O4. The fraction of sp³-hybridized carbons (Fsp3) is 0.227. The molecule has 0 amide bonds. The molecule has 0 atom stereocenters. The molecule has 0 aliphatic rings. The quantitative estimate of drug-likeness (QED) is 0.454. The number of esters is 1. The van der Waals surface area contributed by atoms with Crippen molar-refractivity contribution >= 4 is 16.9 Å². The summed E-state index contributed by atoms with van der Waals surface area (Å²) in [6.07, 6.45) is 1.03. The number of halogens is 1. The van der Waals surface area contributed by atoms with Gasteiger partial charge in [0, 0.05) is 18.4 Å². The van der Waals surface area contributed by atoms with Crippen LogP contribution in [0.2, 0.25) is 0 Å². The zero-order chi connectivity index (χ0) is 21.8. The van der Waals surface area contributed by atoms with Crippen LogP contribution in [0.15, 0.2) is 51.8 Å². The topological polar surface area (TPSA) is 111 Å². The van der Waals surface area contributed by atoms with E-state index in [1.54, 1.807) is 37.3 Å². The summed E-state index contributed by atoms with van der Waals surface area (Å²) in [5, 5.41) is 4.31. The molecule has 2 aromatic carbocycles. The van der Waals surface area contributed by atoms with Crippen LogP contribution in [-0.2, 0) is 22.6 Å². The summed E-state index contributed by atoms with van der Waals surface area (Å²) in [4.78, 5) is 35.3. The predicted octanol–water partition coefficient (Wildman–Crippen LogP) is 3.49. The van der Waals surface area contributed by atoms with Crippen molar-refractivity contribution in [2.24, 2.45) is 0 Å². The Labute approximate surface area is 176 Å². The van der Waals surface area contributed by atoms with Gasteiger partial charge in [-0.1, -0.05) is 29.4 Å². The predicted molar refractivity (Wildman–Crippen MR) is 110 cm³/mol. The van der Waals surface area contributed by atoms with Crippen LogP contribution < -0.4 is 5.56 Å². The number of nitrogens with one attached hydrogen (secondary N) is 1. The van der Waals surface area contributed by atoms with Crippen molar-refractivity contribution in [1.29, 1.82) is 0 Å². The minimum absolute atomic E-state index is 0.116. The van der Waals surface area contributed by atoms with Gasteiger partial charge in [0.1, 0.15) is 11.6 Å². The second-order valence-corrected chi connectivity index (χ2v) is 7.02. The van der Waals surface area contributed by atoms with E-state index in [1.165, 1.54) is 6.07 Å². The van der Waals surface area contributed by atoms with Crippen molar-refractivity contribution in [2.75, 3.05) is 0 Å². The molecule has 4 rings (SSSR count). The highest BCUT2D eigenvalue weighted by atomic mass is 19.1. The number of benzene rings is 2. The molecule has 2 heterocycles. The average Bonchev–Trinajstić information content (AvgIpc) is 3.23. The lowest BCUT2D eigenvalue weighted by molar-refractivity contribution is -0.145. The number of fused-ring (bicyclic) bond motifs is 1. The van der Waals surface area contributed by atoms with Crippen LogP contribution >= 0.6 is 0 Å². The molecule has 0 aliphatic carbocycles. The molecule has 2 aromatic heterocycles. The van der Waals surface area contributed by atoms with Crippen LogP contribution in [0, 0.1) is 12.7 Å². The summed E-state index contributed by atoms with van der Waals surface area (Å²) in [7, 11) is 0. The van der Waals surface area contributed by atoms with Gasteiger partial charge in [-0.05, 0) is 37.1 Å². The number of aromatic nitrogens is 4. The number of rotatable bonds is 7. The highest BCUT2D eigenvalue weighted by Crippen LogP contribution is 2.19. The normalized spacial score (nSPS) is 11.0. The number of carbonyl (C=O) groups excluding carboxylic acids is 1. The number of aryl methyl sites for hydroxylation is 2. The summed E-state index contributed by atoms with van der Waals surface area (Å²) in [5.74, 6) is 0.0475. The molecule has 0 saturated carbocycles. The van der Waals surface area contributed by atoms with E-state index in [9.17, 15) is 14.0 Å². The first kappa shape index (κ1) is 20.4. The maximum atomic E-state index is 13.7. The van der Waals surface area contributed by atoms with E-state index in [-0.39, 0.29) is 36.1 Å². The van der Waals surface area contributed by atoms with E-state index in [0.717, 1.165) is 0 Å². The lowest BCUT2D eigenvalue weighted by atomic mass is 10.1. The molecule has 0 radical (unpaired) electrons. The van der Waals surface area contributed by atoms with Crippen molar-refractivity contribution in [1.82, 2.24) is 20.1 Å². The Morgan fingerprint density at radius 3 is 2.87 bits per heavy atom. The summed E-state index contributed by atoms with van der Waals surface area (Å²) >= 11 is 0. The number of ether oxygens (including phenoxy) is 1. The number of H-pyrrole nitrogens is 1. The molecule has 8 nitrogen and oxygen atoms in total. The molecule has 31 heavy (non-hydrogen) atoms. The van der Waals surface area contributed by atoms with Crippen LogP contribution in [0.4, 0.5) is 4.39 Å². The summed E-state index contributed by atoms with van der Waals surface area (Å²) in [5.41, 5.74) is 1.40. The highest BCUT2D eigenvalue weighted by molar-refractivity contribution is 5.77. The molecule has 0 bridgehead atoms. The van der Waals surface area contributed by atoms with Crippen molar-refractivity contribution in [2.45, 2.75) is 32.8 Å². The molecule has 4 aromatic rings. The highest BCUT2D eigenvalue weighted by Gasteiger charge is 2.13. The lowest BCUT2D eigenvalue weighted by Gasteiger charge is -2.03. The van der Waals surface area contributed by atoms with Gasteiger partial charge < -0.3 is 14.2 Å². The van der Waals surface area contributed by atoms with E-state index in [4.69, 9.17) is 9.26 Å². The van der Waals surface area contributed by atoms with Gasteiger partial charge in [0.15, 0.2) is 6.61 Å². The Bertz CT molecular complexity index is 1300. The standard InChI is InChI=1S/C22H19FN4O4/c1-13-9-10-14(11-16(13)23)21-26-19(31-27-21)12-30-20(28)8-4-7-18-24-17-6-3-2-5-15(17)22(29)25-18/h2-3,5-6,9-11H,4,7-8,12H2,1H3,(H,24,25,29). The molecule has 9 heteroatoms. The van der Waals surface area contributed by atoms with Gasteiger partial charge in [-0.3, -0.25) is 9.59 Å². The first-order valence-electron chi connectivity index (χ1n) is 9.72. The third kappa shape index (κ3) is 4.82. The van der Waals surface area contributed by atoms with Gasteiger partial charge in [0.05, 0.1) is 10.9 Å². The molecule has 0 aliphatic heterocycles. The fourth-order valence-electron chi connectivity index (χ4n) is 3.03. The fourth-order valence-corrected chi connectivity index (χ4v) is 3.03. The lowest BCUT2D eigenvalue weighted by Crippen LogP contribution is -2.12. The van der Waals surface area contributed by atoms with Gasteiger partial charge in [-0.15, -0.1) is 0 Å². The second kappa shape index (κ2) is 8.86. The molecular weight excluding hydrogens is 403 g/mol. The van der Waals surface area contributed by atoms with Crippen LogP contribution in [0.1, 0.15) is 30.1 Å². The van der Waals surface area contributed by atoms with Gasteiger partial charge in [0.2, 0.25) is 5.82 Å². The maximum absolute atomic E-state index is 13.7. The summed E-state index contributed by atoms with van der Waals surface area (Å²) in [6, 6.07) is 11.7. The number of para-hydroxylation sites is 1. The summed E-state index contributed by atoms with van der Waals surface area (Å²) in [6.45, 7) is 1.49. The second-order valence-electron chi connectivity index (χ2n) is 7.02. The first-order chi connectivity index (χ1) is 15.0. The Balaban J connectivity index is 1.28. The largest absolute Gasteiger partial charge is 0.456 e. The van der Waals surface area contributed by atoms with Crippen LogP contribution in [-0.4, -0.2) is 26.1 Å².